The molecule has 0 fully saturated rings. The lowest BCUT2D eigenvalue weighted by Gasteiger charge is -2.28. The predicted molar refractivity (Wildman–Crippen MR) is 123 cm³/mol. The first-order valence-electron chi connectivity index (χ1n) is 10.6. The van der Waals surface area contributed by atoms with Gasteiger partial charge in [-0.2, -0.15) is 0 Å². The number of benzene rings is 3. The Kier molecular flexibility index (Phi) is 4.29. The average Bonchev–Trinajstić information content (AvgIpc) is 3.27. The van der Waals surface area contributed by atoms with Gasteiger partial charge in [-0.25, -0.2) is 14.5 Å². The number of aromatic hydroxyl groups is 1. The van der Waals surface area contributed by atoms with Gasteiger partial charge in [0.15, 0.2) is 11.5 Å². The average molecular weight is 436 g/mol. The van der Waals surface area contributed by atoms with Gasteiger partial charge in [-0.15, -0.1) is 5.10 Å². The van der Waals surface area contributed by atoms with Crippen LogP contribution in [0.1, 0.15) is 28.2 Å². The van der Waals surface area contributed by atoms with Crippen molar-refractivity contribution in [2.75, 3.05) is 7.11 Å². The SMILES string of the molecule is COc1ccc([C@@H]2c3ccc(O)cc3Oc3ncn4nc(-c5cccc(C)c5)nc4c32)cc1. The Balaban J connectivity index is 1.59. The summed E-state index contributed by atoms with van der Waals surface area (Å²) in [6.07, 6.45) is 1.61. The Morgan fingerprint density at radius 3 is 2.67 bits per heavy atom. The van der Waals surface area contributed by atoms with E-state index in [4.69, 9.17) is 14.5 Å². The summed E-state index contributed by atoms with van der Waals surface area (Å²) in [5.41, 5.74) is 5.53. The molecule has 1 aliphatic heterocycles. The van der Waals surface area contributed by atoms with Gasteiger partial charge in [-0.05, 0) is 36.8 Å². The second-order valence-corrected chi connectivity index (χ2v) is 8.07. The van der Waals surface area contributed by atoms with E-state index in [1.807, 2.05) is 55.5 Å². The summed E-state index contributed by atoms with van der Waals surface area (Å²) in [5, 5.41) is 14.7. The summed E-state index contributed by atoms with van der Waals surface area (Å²) in [5.74, 6) is 2.34. The number of hydrogen-bond acceptors (Lipinski definition) is 6. The first-order chi connectivity index (χ1) is 16.1. The van der Waals surface area contributed by atoms with Crippen molar-refractivity contribution < 1.29 is 14.6 Å². The number of nitrogens with zero attached hydrogens (tertiary/aromatic N) is 4. The first kappa shape index (κ1) is 19.3. The summed E-state index contributed by atoms with van der Waals surface area (Å²) in [4.78, 5) is 9.44. The molecule has 7 heteroatoms. The van der Waals surface area contributed by atoms with Gasteiger partial charge in [-0.3, -0.25) is 0 Å². The fourth-order valence-electron chi connectivity index (χ4n) is 4.35. The highest BCUT2D eigenvalue weighted by atomic mass is 16.5. The minimum Gasteiger partial charge on any atom is -0.508 e. The highest BCUT2D eigenvalue weighted by molar-refractivity contribution is 5.69. The molecule has 162 valence electrons. The summed E-state index contributed by atoms with van der Waals surface area (Å²) < 4.78 is 13.2. The maximum Gasteiger partial charge on any atom is 0.228 e. The molecule has 3 heterocycles. The van der Waals surface area contributed by atoms with Crippen molar-refractivity contribution in [3.05, 3.63) is 95.3 Å². The van der Waals surface area contributed by atoms with Crippen molar-refractivity contribution in [3.8, 4) is 34.5 Å². The number of phenolic OH excluding ortho intramolecular Hbond substituents is 1. The third-order valence-corrected chi connectivity index (χ3v) is 5.92. The molecule has 7 nitrogen and oxygen atoms in total. The van der Waals surface area contributed by atoms with E-state index in [2.05, 4.69) is 16.1 Å². The van der Waals surface area contributed by atoms with E-state index in [0.717, 1.165) is 33.6 Å². The second kappa shape index (κ2) is 7.34. The highest BCUT2D eigenvalue weighted by Crippen LogP contribution is 2.48. The first-order valence-corrected chi connectivity index (χ1v) is 10.6. The number of methoxy groups -OCH3 is 1. The zero-order valence-electron chi connectivity index (χ0n) is 18.1. The molecular weight excluding hydrogens is 416 g/mol. The Bertz CT molecular complexity index is 1510. The van der Waals surface area contributed by atoms with Gasteiger partial charge in [-0.1, -0.05) is 42.0 Å². The fourth-order valence-corrected chi connectivity index (χ4v) is 4.35. The van der Waals surface area contributed by atoms with Crippen LogP contribution in [0.5, 0.6) is 23.1 Å². The quantitative estimate of drug-likeness (QED) is 0.416. The molecule has 2 aromatic heterocycles. The molecule has 0 aliphatic carbocycles. The molecule has 33 heavy (non-hydrogen) atoms. The standard InChI is InChI=1S/C26H20N4O3/c1-15-4-3-5-17(12-15)24-28-25-23-22(16-6-9-19(32-2)10-7-16)20-11-8-18(31)13-21(20)33-26(23)27-14-30(25)29-24/h3-14,22,31H,1-2H3/t22-/m1/s1. The van der Waals surface area contributed by atoms with Crippen LogP contribution in [0.15, 0.2) is 73.1 Å². The monoisotopic (exact) mass is 436 g/mol. The molecule has 5 aromatic rings. The maximum atomic E-state index is 10.0. The van der Waals surface area contributed by atoms with Crippen LogP contribution in [0.4, 0.5) is 0 Å². The van der Waals surface area contributed by atoms with Gasteiger partial charge in [0.05, 0.1) is 12.7 Å². The van der Waals surface area contributed by atoms with Crippen molar-refractivity contribution >= 4 is 5.65 Å². The van der Waals surface area contributed by atoms with Crippen LogP contribution in [-0.4, -0.2) is 31.8 Å². The molecule has 0 saturated heterocycles. The van der Waals surface area contributed by atoms with E-state index in [1.165, 1.54) is 0 Å². The summed E-state index contributed by atoms with van der Waals surface area (Å²) in [6.45, 7) is 2.04. The topological polar surface area (TPSA) is 81.8 Å². The molecule has 6 rings (SSSR count). The number of rotatable bonds is 3. The lowest BCUT2D eigenvalue weighted by atomic mass is 9.84. The van der Waals surface area contributed by atoms with Crippen molar-refractivity contribution in [2.45, 2.75) is 12.8 Å². The van der Waals surface area contributed by atoms with E-state index < -0.39 is 0 Å². The molecule has 0 amide bonds. The van der Waals surface area contributed by atoms with Gasteiger partial charge in [0.1, 0.15) is 23.6 Å². The van der Waals surface area contributed by atoms with Crippen LogP contribution in [0.25, 0.3) is 17.0 Å². The molecule has 0 spiro atoms. The number of phenols is 1. The zero-order valence-corrected chi connectivity index (χ0v) is 18.1. The maximum absolute atomic E-state index is 10.0. The van der Waals surface area contributed by atoms with Gasteiger partial charge in [0.2, 0.25) is 5.88 Å². The van der Waals surface area contributed by atoms with Crippen LogP contribution >= 0.6 is 0 Å². The van der Waals surface area contributed by atoms with E-state index in [1.54, 1.807) is 30.1 Å². The lowest BCUT2D eigenvalue weighted by molar-refractivity contribution is 0.414. The summed E-state index contributed by atoms with van der Waals surface area (Å²) in [6, 6.07) is 21.2. The van der Waals surface area contributed by atoms with E-state index in [0.29, 0.717) is 23.1 Å². The van der Waals surface area contributed by atoms with E-state index in [9.17, 15) is 5.11 Å². The van der Waals surface area contributed by atoms with Gasteiger partial charge >= 0.3 is 0 Å². The Morgan fingerprint density at radius 2 is 1.88 bits per heavy atom. The fraction of sp³-hybridized carbons (Fsp3) is 0.115. The Morgan fingerprint density at radius 1 is 1.03 bits per heavy atom. The Hall–Kier alpha value is -4.39. The molecule has 0 radical (unpaired) electrons. The molecule has 0 unspecified atom stereocenters. The van der Waals surface area contributed by atoms with Gasteiger partial charge < -0.3 is 14.6 Å². The van der Waals surface area contributed by atoms with Gasteiger partial charge in [0.25, 0.3) is 0 Å². The van der Waals surface area contributed by atoms with Crippen LogP contribution in [-0.2, 0) is 0 Å². The molecule has 0 saturated carbocycles. The highest BCUT2D eigenvalue weighted by Gasteiger charge is 2.33. The van der Waals surface area contributed by atoms with Crippen LogP contribution in [0, 0.1) is 6.92 Å². The zero-order chi connectivity index (χ0) is 22.5. The minimum absolute atomic E-state index is 0.135. The summed E-state index contributed by atoms with van der Waals surface area (Å²) >= 11 is 0. The van der Waals surface area contributed by atoms with Crippen LogP contribution in [0.2, 0.25) is 0 Å². The van der Waals surface area contributed by atoms with E-state index in [-0.39, 0.29) is 11.7 Å². The van der Waals surface area contributed by atoms with Crippen LogP contribution < -0.4 is 9.47 Å². The molecule has 0 bridgehead atoms. The molecule has 1 aliphatic rings. The molecule has 1 atom stereocenters. The van der Waals surface area contributed by atoms with Gasteiger partial charge in [0, 0.05) is 23.1 Å². The van der Waals surface area contributed by atoms with Crippen molar-refractivity contribution in [3.63, 3.8) is 0 Å². The number of ether oxygens (including phenoxy) is 2. The predicted octanol–water partition coefficient (Wildman–Crippen LogP) is 5.10. The number of aryl methyl sites for hydroxylation is 1. The molecule has 1 N–H and O–H groups in total. The number of fused-ring (bicyclic) bond motifs is 4. The third kappa shape index (κ3) is 3.17. The third-order valence-electron chi connectivity index (χ3n) is 5.92. The van der Waals surface area contributed by atoms with Crippen molar-refractivity contribution in [2.24, 2.45) is 0 Å². The lowest BCUT2D eigenvalue weighted by Crippen LogP contribution is -2.15. The number of hydrogen-bond donors (Lipinski definition) is 1. The normalized spacial score (nSPS) is 14.4. The second-order valence-electron chi connectivity index (χ2n) is 8.07. The van der Waals surface area contributed by atoms with E-state index >= 15 is 0 Å². The Labute approximate surface area is 189 Å². The van der Waals surface area contributed by atoms with Crippen molar-refractivity contribution in [1.29, 1.82) is 0 Å². The largest absolute Gasteiger partial charge is 0.508 e. The van der Waals surface area contributed by atoms with Crippen LogP contribution in [0.3, 0.4) is 0 Å². The smallest absolute Gasteiger partial charge is 0.228 e. The summed E-state index contributed by atoms with van der Waals surface area (Å²) in [7, 11) is 1.65. The molecular formula is C26H20N4O3. The minimum atomic E-state index is -0.207. The molecule has 3 aromatic carbocycles. The number of aromatic nitrogens is 4. The van der Waals surface area contributed by atoms with Crippen molar-refractivity contribution in [1.82, 2.24) is 19.6 Å².